The van der Waals surface area contributed by atoms with E-state index in [0.717, 1.165) is 43.4 Å². The van der Waals surface area contributed by atoms with Gasteiger partial charge >= 0.3 is 0 Å². The maximum absolute atomic E-state index is 11.4. The average molecular weight is 284 g/mol. The van der Waals surface area contributed by atoms with Crippen molar-refractivity contribution in [1.82, 2.24) is 14.7 Å². The molecule has 0 saturated carbocycles. The zero-order chi connectivity index (χ0) is 14.8. The molecule has 21 heavy (non-hydrogen) atoms. The summed E-state index contributed by atoms with van der Waals surface area (Å²) in [4.78, 5) is 15.6. The first-order valence-corrected chi connectivity index (χ1v) is 7.28. The Morgan fingerprint density at radius 3 is 2.38 bits per heavy atom. The summed E-state index contributed by atoms with van der Waals surface area (Å²) in [6.45, 7) is 6.88. The van der Waals surface area contributed by atoms with Gasteiger partial charge in [0.1, 0.15) is 5.82 Å². The second-order valence-corrected chi connectivity index (χ2v) is 5.38. The third kappa shape index (κ3) is 2.77. The standard InChI is InChI=1S/C16H20N4O/c1-13-12-16(19-10-8-18(9-11-19)14(2)21)20(17-13)15-6-4-3-5-7-15/h3-7,12H,8-11H2,1-2H3. The van der Waals surface area contributed by atoms with E-state index in [9.17, 15) is 4.79 Å². The Bertz CT molecular complexity index is 627. The van der Waals surface area contributed by atoms with E-state index < -0.39 is 0 Å². The second kappa shape index (κ2) is 5.60. The van der Waals surface area contributed by atoms with Crippen LogP contribution in [0.4, 0.5) is 5.82 Å². The van der Waals surface area contributed by atoms with Gasteiger partial charge in [-0.1, -0.05) is 18.2 Å². The van der Waals surface area contributed by atoms with Gasteiger partial charge in [0, 0.05) is 39.2 Å². The van der Waals surface area contributed by atoms with Crippen LogP contribution in [0.1, 0.15) is 12.6 Å². The van der Waals surface area contributed by atoms with E-state index in [4.69, 9.17) is 0 Å². The normalized spacial score (nSPS) is 15.3. The molecule has 1 aliphatic heterocycles. The first-order chi connectivity index (χ1) is 10.1. The topological polar surface area (TPSA) is 41.4 Å². The van der Waals surface area contributed by atoms with Crippen molar-refractivity contribution in [2.75, 3.05) is 31.1 Å². The van der Waals surface area contributed by atoms with Gasteiger partial charge in [-0.05, 0) is 19.1 Å². The third-order valence-corrected chi connectivity index (χ3v) is 3.86. The number of aryl methyl sites for hydroxylation is 1. The number of carbonyl (C=O) groups excluding carboxylic acids is 1. The van der Waals surface area contributed by atoms with E-state index in [1.54, 1.807) is 6.92 Å². The van der Waals surface area contributed by atoms with Crippen molar-refractivity contribution < 1.29 is 4.79 Å². The fraction of sp³-hybridized carbons (Fsp3) is 0.375. The van der Waals surface area contributed by atoms with Crippen LogP contribution < -0.4 is 4.90 Å². The predicted octanol–water partition coefficient (Wildman–Crippen LogP) is 1.85. The molecule has 0 radical (unpaired) electrons. The number of hydrogen-bond donors (Lipinski definition) is 0. The number of hydrogen-bond acceptors (Lipinski definition) is 3. The van der Waals surface area contributed by atoms with Crippen LogP contribution in [0.2, 0.25) is 0 Å². The van der Waals surface area contributed by atoms with E-state index >= 15 is 0 Å². The van der Waals surface area contributed by atoms with Crippen molar-refractivity contribution >= 4 is 11.7 Å². The minimum absolute atomic E-state index is 0.155. The molecule has 2 heterocycles. The molecule has 5 nitrogen and oxygen atoms in total. The molecule has 0 bridgehead atoms. The summed E-state index contributed by atoms with van der Waals surface area (Å²) in [6, 6.07) is 12.3. The molecule has 1 amide bonds. The Labute approximate surface area is 124 Å². The van der Waals surface area contributed by atoms with Crippen molar-refractivity contribution in [2.24, 2.45) is 0 Å². The molecule has 0 spiro atoms. The molecule has 2 aromatic rings. The Morgan fingerprint density at radius 1 is 1.10 bits per heavy atom. The first kappa shape index (κ1) is 13.7. The van der Waals surface area contributed by atoms with Gasteiger partial charge in [0.15, 0.2) is 0 Å². The molecule has 0 aliphatic carbocycles. The summed E-state index contributed by atoms with van der Waals surface area (Å²) in [5, 5.41) is 4.60. The van der Waals surface area contributed by atoms with Gasteiger partial charge < -0.3 is 9.80 Å². The SMILES string of the molecule is CC(=O)N1CCN(c2cc(C)nn2-c2ccccc2)CC1. The van der Waals surface area contributed by atoms with Crippen LogP contribution in [0.15, 0.2) is 36.4 Å². The van der Waals surface area contributed by atoms with Gasteiger partial charge in [0.05, 0.1) is 11.4 Å². The molecule has 110 valence electrons. The highest BCUT2D eigenvalue weighted by Gasteiger charge is 2.22. The van der Waals surface area contributed by atoms with Gasteiger partial charge in [-0.3, -0.25) is 4.79 Å². The highest BCUT2D eigenvalue weighted by atomic mass is 16.2. The summed E-state index contributed by atoms with van der Waals surface area (Å²) in [7, 11) is 0. The van der Waals surface area contributed by atoms with E-state index in [0.29, 0.717) is 0 Å². The Kier molecular flexibility index (Phi) is 3.64. The predicted molar refractivity (Wildman–Crippen MR) is 82.8 cm³/mol. The fourth-order valence-electron chi connectivity index (χ4n) is 2.72. The van der Waals surface area contributed by atoms with E-state index in [-0.39, 0.29) is 5.91 Å². The Balaban J connectivity index is 1.85. The molecule has 0 N–H and O–H groups in total. The fourth-order valence-corrected chi connectivity index (χ4v) is 2.72. The van der Waals surface area contributed by atoms with Gasteiger partial charge in [0.2, 0.25) is 5.91 Å². The monoisotopic (exact) mass is 284 g/mol. The van der Waals surface area contributed by atoms with Crippen molar-refractivity contribution in [1.29, 1.82) is 0 Å². The number of carbonyl (C=O) groups is 1. The minimum atomic E-state index is 0.155. The van der Waals surface area contributed by atoms with Crippen LogP contribution in [0.25, 0.3) is 5.69 Å². The van der Waals surface area contributed by atoms with Crippen LogP contribution in [-0.4, -0.2) is 46.8 Å². The smallest absolute Gasteiger partial charge is 0.219 e. The molecule has 1 aliphatic rings. The molecule has 1 fully saturated rings. The molecular formula is C16H20N4O. The highest BCUT2D eigenvalue weighted by Crippen LogP contribution is 2.22. The van der Waals surface area contributed by atoms with Crippen molar-refractivity contribution in [3.8, 4) is 5.69 Å². The molecule has 0 atom stereocenters. The van der Waals surface area contributed by atoms with Gasteiger partial charge in [-0.15, -0.1) is 0 Å². The molecular weight excluding hydrogens is 264 g/mol. The molecule has 1 aromatic carbocycles. The first-order valence-electron chi connectivity index (χ1n) is 7.28. The number of rotatable bonds is 2. The van der Waals surface area contributed by atoms with Crippen molar-refractivity contribution in [3.63, 3.8) is 0 Å². The summed E-state index contributed by atoms with van der Waals surface area (Å²) in [5.74, 6) is 1.25. The molecule has 1 saturated heterocycles. The zero-order valence-corrected chi connectivity index (χ0v) is 12.5. The zero-order valence-electron chi connectivity index (χ0n) is 12.5. The van der Waals surface area contributed by atoms with Crippen LogP contribution >= 0.6 is 0 Å². The highest BCUT2D eigenvalue weighted by molar-refractivity contribution is 5.73. The number of aromatic nitrogens is 2. The number of nitrogens with zero attached hydrogens (tertiary/aromatic N) is 4. The van der Waals surface area contributed by atoms with Crippen LogP contribution in [0.5, 0.6) is 0 Å². The van der Waals surface area contributed by atoms with E-state index in [1.807, 2.05) is 34.7 Å². The summed E-state index contributed by atoms with van der Waals surface area (Å²) < 4.78 is 1.98. The quantitative estimate of drug-likeness (QED) is 0.845. The summed E-state index contributed by atoms with van der Waals surface area (Å²) in [5.41, 5.74) is 2.07. The minimum Gasteiger partial charge on any atom is -0.353 e. The molecule has 3 rings (SSSR count). The molecule has 0 unspecified atom stereocenters. The average Bonchev–Trinajstić information content (AvgIpc) is 2.90. The van der Waals surface area contributed by atoms with E-state index in [1.165, 1.54) is 0 Å². The maximum Gasteiger partial charge on any atom is 0.219 e. The molecule has 1 aromatic heterocycles. The van der Waals surface area contributed by atoms with Crippen LogP contribution in [0.3, 0.4) is 0 Å². The van der Waals surface area contributed by atoms with Crippen LogP contribution in [0, 0.1) is 6.92 Å². The number of benzene rings is 1. The second-order valence-electron chi connectivity index (χ2n) is 5.38. The van der Waals surface area contributed by atoms with Gasteiger partial charge in [-0.25, -0.2) is 4.68 Å². The van der Waals surface area contributed by atoms with Crippen LogP contribution in [-0.2, 0) is 4.79 Å². The van der Waals surface area contributed by atoms with Crippen molar-refractivity contribution in [3.05, 3.63) is 42.1 Å². The van der Waals surface area contributed by atoms with E-state index in [2.05, 4.69) is 28.2 Å². The summed E-state index contributed by atoms with van der Waals surface area (Å²) >= 11 is 0. The number of piperazine rings is 1. The van der Waals surface area contributed by atoms with Crippen molar-refractivity contribution in [2.45, 2.75) is 13.8 Å². The number of amides is 1. The maximum atomic E-state index is 11.4. The summed E-state index contributed by atoms with van der Waals surface area (Å²) in [6.07, 6.45) is 0. The molecule has 5 heteroatoms. The lowest BCUT2D eigenvalue weighted by atomic mass is 10.3. The number of anilines is 1. The lowest BCUT2D eigenvalue weighted by Crippen LogP contribution is -2.48. The van der Waals surface area contributed by atoms with Gasteiger partial charge in [0.25, 0.3) is 0 Å². The lowest BCUT2D eigenvalue weighted by molar-refractivity contribution is -0.129. The lowest BCUT2D eigenvalue weighted by Gasteiger charge is -2.35. The Morgan fingerprint density at radius 2 is 1.76 bits per heavy atom. The third-order valence-electron chi connectivity index (χ3n) is 3.86. The Hall–Kier alpha value is -2.30. The largest absolute Gasteiger partial charge is 0.353 e. The number of para-hydroxylation sites is 1. The van der Waals surface area contributed by atoms with Gasteiger partial charge in [-0.2, -0.15) is 5.10 Å².